The van der Waals surface area contributed by atoms with E-state index in [0.717, 1.165) is 83.2 Å². The maximum absolute atomic E-state index is 12.0. The van der Waals surface area contributed by atoms with Crippen LogP contribution in [0.4, 0.5) is 17.5 Å². The highest BCUT2D eigenvalue weighted by molar-refractivity contribution is 6.32. The molecule has 0 radical (unpaired) electrons. The Morgan fingerprint density at radius 3 is 2.52 bits per heavy atom. The zero-order chi connectivity index (χ0) is 27.6. The van der Waals surface area contributed by atoms with Crippen molar-refractivity contribution in [2.24, 2.45) is 17.8 Å². The number of halogens is 1. The van der Waals surface area contributed by atoms with Crippen molar-refractivity contribution in [3.05, 3.63) is 46.6 Å². The van der Waals surface area contributed by atoms with E-state index in [1.54, 1.807) is 13.3 Å². The van der Waals surface area contributed by atoms with Crippen LogP contribution in [0.3, 0.4) is 0 Å². The van der Waals surface area contributed by atoms with Gasteiger partial charge in [0.05, 0.1) is 38.1 Å². The van der Waals surface area contributed by atoms with Crippen LogP contribution in [0.1, 0.15) is 17.5 Å². The molecule has 4 aliphatic rings. The van der Waals surface area contributed by atoms with Gasteiger partial charge in [-0.1, -0.05) is 23.8 Å². The lowest BCUT2D eigenvalue weighted by Gasteiger charge is -2.29. The fraction of sp³-hybridized carbons (Fsp3) is 0.552. The van der Waals surface area contributed by atoms with Gasteiger partial charge in [-0.15, -0.1) is 0 Å². The fourth-order valence-corrected chi connectivity index (χ4v) is 6.71. The van der Waals surface area contributed by atoms with Gasteiger partial charge in [0.2, 0.25) is 5.95 Å². The number of hydrogen-bond acceptors (Lipinski definition) is 9. The van der Waals surface area contributed by atoms with Crippen molar-refractivity contribution in [2.75, 3.05) is 70.2 Å². The summed E-state index contributed by atoms with van der Waals surface area (Å²) < 4.78 is 11.2. The summed E-state index contributed by atoms with van der Waals surface area (Å²) in [6.07, 6.45) is 8.42. The Balaban J connectivity index is 1.15. The third-order valence-electron chi connectivity index (χ3n) is 8.79. The second-order valence-corrected chi connectivity index (χ2v) is 11.5. The van der Waals surface area contributed by atoms with Crippen LogP contribution in [0.15, 0.2) is 30.5 Å². The van der Waals surface area contributed by atoms with Crippen molar-refractivity contribution >= 4 is 35.0 Å². The molecule has 40 heavy (non-hydrogen) atoms. The molecular weight excluding hydrogens is 532 g/mol. The molecule has 1 aromatic heterocycles. The van der Waals surface area contributed by atoms with E-state index < -0.39 is 11.9 Å². The molecule has 6 rings (SSSR count). The van der Waals surface area contributed by atoms with E-state index in [1.165, 1.54) is 11.1 Å². The predicted octanol–water partition coefficient (Wildman–Crippen LogP) is 3.30. The standard InChI is InChI=1S/C29H37ClN6O4/c1-39-24-16-19-5-7-35(8-9-36-10-12-40-13-11-36)6-4-18(19)15-23(24)32-29-31-17-22(30)27(34-29)33-26-21-3-2-20(14-21)25(26)28(37)38/h2-3,15-17,20-21,25-26H,4-14H2,1H3,(H,37,38)(H2,31,32,33,34)/t20-,21+,25+,26-/m1/s1. The second-order valence-electron chi connectivity index (χ2n) is 11.1. The highest BCUT2D eigenvalue weighted by Gasteiger charge is 2.48. The molecule has 2 bridgehead atoms. The lowest BCUT2D eigenvalue weighted by molar-refractivity contribution is -0.142. The molecule has 3 heterocycles. The van der Waals surface area contributed by atoms with Crippen molar-refractivity contribution in [1.82, 2.24) is 19.8 Å². The molecule has 0 spiro atoms. The summed E-state index contributed by atoms with van der Waals surface area (Å²) in [7, 11) is 1.67. The zero-order valence-electron chi connectivity index (χ0n) is 22.8. The predicted molar refractivity (Wildman–Crippen MR) is 154 cm³/mol. The Hall–Kier alpha value is -2.92. The maximum Gasteiger partial charge on any atom is 0.309 e. The number of benzene rings is 1. The van der Waals surface area contributed by atoms with Crippen LogP contribution >= 0.6 is 11.6 Å². The van der Waals surface area contributed by atoms with E-state index >= 15 is 0 Å². The van der Waals surface area contributed by atoms with Crippen LogP contribution in [0.2, 0.25) is 5.02 Å². The molecule has 2 aromatic rings. The zero-order valence-corrected chi connectivity index (χ0v) is 23.6. The number of ether oxygens (including phenoxy) is 2. The topological polar surface area (TPSA) is 112 Å². The molecular formula is C29H37ClN6O4. The van der Waals surface area contributed by atoms with Gasteiger partial charge in [0.25, 0.3) is 0 Å². The Kier molecular flexibility index (Phi) is 8.11. The molecule has 214 valence electrons. The smallest absolute Gasteiger partial charge is 0.309 e. The largest absolute Gasteiger partial charge is 0.495 e. The van der Waals surface area contributed by atoms with Crippen molar-refractivity contribution in [2.45, 2.75) is 25.3 Å². The number of anilines is 3. The number of methoxy groups -OCH3 is 1. The number of fused-ring (bicyclic) bond motifs is 3. The molecule has 1 aromatic carbocycles. The third kappa shape index (κ3) is 5.76. The van der Waals surface area contributed by atoms with E-state index in [2.05, 4.69) is 48.6 Å². The number of nitrogens with zero attached hydrogens (tertiary/aromatic N) is 4. The molecule has 11 heteroatoms. The average Bonchev–Trinajstić information content (AvgIpc) is 3.51. The molecule has 4 atom stereocenters. The number of aromatic nitrogens is 2. The van der Waals surface area contributed by atoms with E-state index in [9.17, 15) is 9.90 Å². The van der Waals surface area contributed by atoms with Crippen molar-refractivity contribution in [3.63, 3.8) is 0 Å². The van der Waals surface area contributed by atoms with Gasteiger partial charge in [-0.05, 0) is 54.4 Å². The van der Waals surface area contributed by atoms with Crippen LogP contribution < -0.4 is 15.4 Å². The summed E-state index contributed by atoms with van der Waals surface area (Å²) >= 11 is 6.45. The first-order valence-electron chi connectivity index (χ1n) is 14.2. The summed E-state index contributed by atoms with van der Waals surface area (Å²) in [6, 6.07) is 4.00. The lowest BCUT2D eigenvalue weighted by Crippen LogP contribution is -2.42. The molecule has 10 nitrogen and oxygen atoms in total. The van der Waals surface area contributed by atoms with Gasteiger partial charge in [-0.3, -0.25) is 9.69 Å². The molecule has 3 N–H and O–H groups in total. The van der Waals surface area contributed by atoms with Gasteiger partial charge in [-0.2, -0.15) is 4.98 Å². The number of allylic oxidation sites excluding steroid dienone is 1. The highest BCUT2D eigenvalue weighted by atomic mass is 35.5. The first-order valence-corrected chi connectivity index (χ1v) is 14.6. The quantitative estimate of drug-likeness (QED) is 0.389. The van der Waals surface area contributed by atoms with Gasteiger partial charge >= 0.3 is 5.97 Å². The van der Waals surface area contributed by atoms with Gasteiger partial charge < -0.3 is 30.1 Å². The number of nitrogens with one attached hydrogen (secondary N) is 2. The van der Waals surface area contributed by atoms with Gasteiger partial charge in [0.1, 0.15) is 10.8 Å². The SMILES string of the molecule is COc1cc2c(cc1Nc1ncc(Cl)c(N[C@H]3[C@@H](C(=O)O)[C@@H]4C=C[C@H]3C4)n1)CCN(CCN1CCOCC1)CC2. The number of carbonyl (C=O) groups is 1. The van der Waals surface area contributed by atoms with Crippen molar-refractivity contribution in [3.8, 4) is 5.75 Å². The Morgan fingerprint density at radius 1 is 1.10 bits per heavy atom. The molecule has 1 saturated heterocycles. The van der Waals surface area contributed by atoms with E-state index in [1.807, 2.05) is 6.08 Å². The Labute approximate surface area is 239 Å². The maximum atomic E-state index is 12.0. The first-order chi connectivity index (χ1) is 19.5. The summed E-state index contributed by atoms with van der Waals surface area (Å²) in [5.74, 6) is 0.419. The van der Waals surface area contributed by atoms with Crippen LogP contribution in [0.5, 0.6) is 5.75 Å². The first kappa shape index (κ1) is 27.3. The third-order valence-corrected chi connectivity index (χ3v) is 9.07. The lowest BCUT2D eigenvalue weighted by atomic mass is 9.89. The molecule has 2 aliphatic heterocycles. The molecule has 2 aliphatic carbocycles. The van der Waals surface area contributed by atoms with Gasteiger partial charge in [0.15, 0.2) is 5.82 Å². The van der Waals surface area contributed by atoms with E-state index in [0.29, 0.717) is 16.8 Å². The Morgan fingerprint density at radius 2 is 1.80 bits per heavy atom. The van der Waals surface area contributed by atoms with Crippen LogP contribution in [-0.4, -0.2) is 96.5 Å². The summed E-state index contributed by atoms with van der Waals surface area (Å²) in [6.45, 7) is 7.87. The summed E-state index contributed by atoms with van der Waals surface area (Å²) in [4.78, 5) is 26.0. The summed E-state index contributed by atoms with van der Waals surface area (Å²) in [5.41, 5.74) is 3.39. The van der Waals surface area contributed by atoms with Crippen molar-refractivity contribution < 1.29 is 19.4 Å². The highest BCUT2D eigenvalue weighted by Crippen LogP contribution is 2.45. The number of hydrogen-bond donors (Lipinski definition) is 3. The van der Waals surface area contributed by atoms with E-state index in [-0.39, 0.29) is 17.9 Å². The minimum Gasteiger partial charge on any atom is -0.495 e. The molecule has 1 saturated carbocycles. The number of aliphatic carboxylic acids is 1. The number of morpholine rings is 1. The molecule has 2 fully saturated rings. The van der Waals surface area contributed by atoms with Gasteiger partial charge in [0, 0.05) is 45.3 Å². The second kappa shape index (κ2) is 11.9. The molecule has 0 amide bonds. The molecule has 0 unspecified atom stereocenters. The Bertz CT molecular complexity index is 1270. The average molecular weight is 569 g/mol. The fourth-order valence-electron chi connectivity index (χ4n) is 6.56. The monoisotopic (exact) mass is 568 g/mol. The van der Waals surface area contributed by atoms with Crippen LogP contribution in [-0.2, 0) is 22.4 Å². The summed E-state index contributed by atoms with van der Waals surface area (Å²) in [5, 5.41) is 16.8. The van der Waals surface area contributed by atoms with Crippen molar-refractivity contribution in [1.29, 1.82) is 0 Å². The minimum absolute atomic E-state index is 0.0392. The number of carboxylic acid groups (broad SMARTS) is 1. The minimum atomic E-state index is -0.799. The van der Waals surface area contributed by atoms with E-state index in [4.69, 9.17) is 21.1 Å². The van der Waals surface area contributed by atoms with Crippen LogP contribution in [0, 0.1) is 17.8 Å². The normalized spacial score (nSPS) is 26.4. The van der Waals surface area contributed by atoms with Gasteiger partial charge in [-0.25, -0.2) is 4.98 Å². The number of carboxylic acids is 1. The number of rotatable bonds is 9. The van der Waals surface area contributed by atoms with Crippen LogP contribution in [0.25, 0.3) is 0 Å².